The second-order valence-electron chi connectivity index (χ2n) is 5.96. The molecule has 0 saturated heterocycles. The zero-order chi connectivity index (χ0) is 13.4. The van der Waals surface area contributed by atoms with Crippen LogP contribution >= 0.6 is 0 Å². The van der Waals surface area contributed by atoms with Crippen molar-refractivity contribution in [3.63, 3.8) is 0 Å². The molecule has 0 bridgehead atoms. The van der Waals surface area contributed by atoms with Crippen molar-refractivity contribution >= 4 is 5.97 Å². The number of ether oxygens (including phenoxy) is 1. The highest BCUT2D eigenvalue weighted by atomic mass is 16.5. The average Bonchev–Trinajstić information content (AvgIpc) is 2.37. The van der Waals surface area contributed by atoms with Crippen LogP contribution in [0.3, 0.4) is 0 Å². The summed E-state index contributed by atoms with van der Waals surface area (Å²) in [5.74, 6) is 1.37. The molecule has 1 aliphatic carbocycles. The zero-order valence-electron chi connectivity index (χ0n) is 12.0. The van der Waals surface area contributed by atoms with Crippen LogP contribution in [0, 0.1) is 11.8 Å². The van der Waals surface area contributed by atoms with Crippen molar-refractivity contribution in [2.24, 2.45) is 17.6 Å². The summed E-state index contributed by atoms with van der Waals surface area (Å²) in [4.78, 5) is 11.1. The molecule has 0 radical (unpaired) electrons. The normalized spacial score (nSPS) is 20.4. The fraction of sp³-hybridized carbons (Fsp3) is 0.933. The number of hydrogen-bond acceptors (Lipinski definition) is 3. The van der Waals surface area contributed by atoms with Crippen molar-refractivity contribution in [1.82, 2.24) is 0 Å². The molecule has 2 atom stereocenters. The quantitative estimate of drug-likeness (QED) is 0.710. The summed E-state index contributed by atoms with van der Waals surface area (Å²) in [6.07, 6.45) is 11.0. The number of carbonyl (C=O) groups is 1. The number of esters is 1. The summed E-state index contributed by atoms with van der Waals surface area (Å²) in [5.41, 5.74) is 5.96. The standard InChI is InChI=1S/C15H29NO2/c1-12(10-14(16)11-15(17)18-2)8-9-13-6-4-3-5-7-13/h12-14H,3-11,16H2,1-2H3. The van der Waals surface area contributed by atoms with Crippen LogP contribution in [-0.2, 0) is 9.53 Å². The Morgan fingerprint density at radius 2 is 2.00 bits per heavy atom. The minimum Gasteiger partial charge on any atom is -0.469 e. The first-order valence-electron chi connectivity index (χ1n) is 7.44. The van der Waals surface area contributed by atoms with E-state index >= 15 is 0 Å². The number of methoxy groups -OCH3 is 1. The minimum absolute atomic E-state index is 0.0428. The zero-order valence-corrected chi connectivity index (χ0v) is 12.0. The van der Waals surface area contributed by atoms with E-state index in [0.717, 1.165) is 12.3 Å². The number of rotatable bonds is 7. The summed E-state index contributed by atoms with van der Waals surface area (Å²) >= 11 is 0. The van der Waals surface area contributed by atoms with Gasteiger partial charge in [0.1, 0.15) is 0 Å². The predicted octanol–water partition coefficient (Wildman–Crippen LogP) is 3.26. The van der Waals surface area contributed by atoms with Gasteiger partial charge in [0.15, 0.2) is 0 Å². The summed E-state index contributed by atoms with van der Waals surface area (Å²) in [6.45, 7) is 2.25. The SMILES string of the molecule is COC(=O)CC(N)CC(C)CCC1CCCCC1. The minimum atomic E-state index is -0.193. The first kappa shape index (κ1) is 15.5. The van der Waals surface area contributed by atoms with Gasteiger partial charge in [-0.3, -0.25) is 4.79 Å². The Balaban J connectivity index is 2.12. The van der Waals surface area contributed by atoms with E-state index in [1.807, 2.05) is 0 Å². The maximum Gasteiger partial charge on any atom is 0.307 e. The van der Waals surface area contributed by atoms with E-state index in [2.05, 4.69) is 11.7 Å². The molecule has 1 aliphatic rings. The summed E-state index contributed by atoms with van der Waals surface area (Å²) in [6, 6.07) is -0.0428. The number of nitrogens with two attached hydrogens (primary N) is 1. The lowest BCUT2D eigenvalue weighted by Gasteiger charge is -2.23. The van der Waals surface area contributed by atoms with Crippen molar-refractivity contribution in [3.8, 4) is 0 Å². The second-order valence-corrected chi connectivity index (χ2v) is 5.96. The van der Waals surface area contributed by atoms with E-state index in [1.165, 1.54) is 52.1 Å². The van der Waals surface area contributed by atoms with Crippen molar-refractivity contribution in [3.05, 3.63) is 0 Å². The fourth-order valence-electron chi connectivity index (χ4n) is 3.01. The van der Waals surface area contributed by atoms with Gasteiger partial charge in [-0.25, -0.2) is 0 Å². The van der Waals surface area contributed by atoms with E-state index in [0.29, 0.717) is 12.3 Å². The molecule has 0 aromatic carbocycles. The Labute approximate surface area is 111 Å². The van der Waals surface area contributed by atoms with Gasteiger partial charge < -0.3 is 10.5 Å². The van der Waals surface area contributed by atoms with E-state index in [-0.39, 0.29) is 12.0 Å². The molecule has 0 spiro atoms. The Morgan fingerprint density at radius 3 is 2.61 bits per heavy atom. The van der Waals surface area contributed by atoms with Crippen molar-refractivity contribution in [2.45, 2.75) is 70.8 Å². The first-order valence-corrected chi connectivity index (χ1v) is 7.44. The van der Waals surface area contributed by atoms with Crippen LogP contribution in [0.2, 0.25) is 0 Å². The first-order chi connectivity index (χ1) is 8.61. The van der Waals surface area contributed by atoms with E-state index in [1.54, 1.807) is 0 Å². The molecule has 1 fully saturated rings. The van der Waals surface area contributed by atoms with Gasteiger partial charge >= 0.3 is 5.97 Å². The van der Waals surface area contributed by atoms with Gasteiger partial charge in [-0.1, -0.05) is 51.9 Å². The lowest BCUT2D eigenvalue weighted by molar-refractivity contribution is -0.141. The van der Waals surface area contributed by atoms with Gasteiger partial charge in [0.2, 0.25) is 0 Å². The topological polar surface area (TPSA) is 52.3 Å². The van der Waals surface area contributed by atoms with Gasteiger partial charge in [0.25, 0.3) is 0 Å². The van der Waals surface area contributed by atoms with Gasteiger partial charge in [-0.2, -0.15) is 0 Å². The smallest absolute Gasteiger partial charge is 0.307 e. The Bertz CT molecular complexity index is 237. The molecule has 2 N–H and O–H groups in total. The van der Waals surface area contributed by atoms with Crippen LogP contribution in [0.5, 0.6) is 0 Å². The van der Waals surface area contributed by atoms with E-state index in [9.17, 15) is 4.79 Å². The number of carbonyl (C=O) groups excluding carboxylic acids is 1. The van der Waals surface area contributed by atoms with E-state index < -0.39 is 0 Å². The predicted molar refractivity (Wildman–Crippen MR) is 74.2 cm³/mol. The van der Waals surface area contributed by atoms with Gasteiger partial charge in [-0.15, -0.1) is 0 Å². The van der Waals surface area contributed by atoms with Crippen molar-refractivity contribution in [1.29, 1.82) is 0 Å². The van der Waals surface area contributed by atoms with Gasteiger partial charge in [0, 0.05) is 6.04 Å². The Hall–Kier alpha value is -0.570. The third-order valence-electron chi connectivity index (χ3n) is 4.15. The van der Waals surface area contributed by atoms with Crippen molar-refractivity contribution < 1.29 is 9.53 Å². The molecule has 0 heterocycles. The van der Waals surface area contributed by atoms with Gasteiger partial charge in [0.05, 0.1) is 13.5 Å². The van der Waals surface area contributed by atoms with Crippen molar-refractivity contribution in [2.75, 3.05) is 7.11 Å². The molecule has 0 aromatic rings. The third-order valence-corrected chi connectivity index (χ3v) is 4.15. The van der Waals surface area contributed by atoms with Crippen LogP contribution < -0.4 is 5.73 Å². The fourth-order valence-corrected chi connectivity index (χ4v) is 3.01. The summed E-state index contributed by atoms with van der Waals surface area (Å²) in [7, 11) is 1.42. The molecule has 0 aromatic heterocycles. The Kier molecular flexibility index (Phi) is 7.33. The molecule has 1 saturated carbocycles. The molecule has 1 rings (SSSR count). The summed E-state index contributed by atoms with van der Waals surface area (Å²) < 4.78 is 4.64. The maximum atomic E-state index is 11.1. The molecule has 18 heavy (non-hydrogen) atoms. The summed E-state index contributed by atoms with van der Waals surface area (Å²) in [5, 5.41) is 0. The average molecular weight is 255 g/mol. The second kappa shape index (κ2) is 8.52. The molecule has 106 valence electrons. The molecular formula is C15H29NO2. The highest BCUT2D eigenvalue weighted by Crippen LogP contribution is 2.29. The lowest BCUT2D eigenvalue weighted by atomic mass is 9.83. The van der Waals surface area contributed by atoms with Crippen LogP contribution in [0.4, 0.5) is 0 Å². The maximum absolute atomic E-state index is 11.1. The van der Waals surface area contributed by atoms with Crippen LogP contribution in [0.1, 0.15) is 64.7 Å². The van der Waals surface area contributed by atoms with Crippen LogP contribution in [0.25, 0.3) is 0 Å². The largest absolute Gasteiger partial charge is 0.469 e. The Morgan fingerprint density at radius 1 is 1.33 bits per heavy atom. The molecule has 0 aliphatic heterocycles. The van der Waals surface area contributed by atoms with E-state index in [4.69, 9.17) is 5.73 Å². The molecule has 2 unspecified atom stereocenters. The third kappa shape index (κ3) is 6.39. The molecule has 3 heteroatoms. The molecule has 0 amide bonds. The molecular weight excluding hydrogens is 226 g/mol. The number of hydrogen-bond donors (Lipinski definition) is 1. The highest BCUT2D eigenvalue weighted by Gasteiger charge is 2.17. The molecule has 3 nitrogen and oxygen atoms in total. The highest BCUT2D eigenvalue weighted by molar-refractivity contribution is 5.69. The van der Waals surface area contributed by atoms with Crippen LogP contribution in [-0.4, -0.2) is 19.1 Å². The lowest BCUT2D eigenvalue weighted by Crippen LogP contribution is -2.26. The monoisotopic (exact) mass is 255 g/mol. The van der Waals surface area contributed by atoms with Gasteiger partial charge in [-0.05, 0) is 18.3 Å². The van der Waals surface area contributed by atoms with Crippen LogP contribution in [0.15, 0.2) is 0 Å².